The Bertz CT molecular complexity index is 516. The molecular weight excluding hydrogens is 208 g/mol. The molecule has 0 bridgehead atoms. The van der Waals surface area contributed by atoms with Gasteiger partial charge in [-0.05, 0) is 37.0 Å². The Morgan fingerprint density at radius 3 is 2.71 bits per heavy atom. The molecule has 2 aromatic rings. The standard InChI is InChI=1S/C16H16O/c1-12-7-9-16-14(11-12)8-10-15(17-16)13-5-3-2-4-6-13/h2-7,9,11,15H,8,10H2,1H3. The molecule has 1 heterocycles. The second-order valence-electron chi connectivity index (χ2n) is 4.67. The summed E-state index contributed by atoms with van der Waals surface area (Å²) in [4.78, 5) is 0. The van der Waals surface area contributed by atoms with Crippen molar-refractivity contribution in [3.05, 3.63) is 65.2 Å². The first kappa shape index (κ1) is 10.4. The molecule has 0 spiro atoms. The molecule has 1 aliphatic rings. The normalized spacial score (nSPS) is 18.3. The molecule has 1 unspecified atom stereocenters. The van der Waals surface area contributed by atoms with Crippen molar-refractivity contribution in [1.82, 2.24) is 0 Å². The van der Waals surface area contributed by atoms with E-state index in [9.17, 15) is 0 Å². The minimum Gasteiger partial charge on any atom is -0.485 e. The first-order valence-electron chi connectivity index (χ1n) is 6.14. The van der Waals surface area contributed by atoms with Crippen molar-refractivity contribution in [2.45, 2.75) is 25.9 Å². The molecule has 0 aromatic heterocycles. The van der Waals surface area contributed by atoms with Crippen LogP contribution in [-0.2, 0) is 6.42 Å². The highest BCUT2D eigenvalue weighted by atomic mass is 16.5. The van der Waals surface area contributed by atoms with Crippen molar-refractivity contribution in [2.24, 2.45) is 0 Å². The first-order valence-corrected chi connectivity index (χ1v) is 6.14. The van der Waals surface area contributed by atoms with Crippen LogP contribution in [-0.4, -0.2) is 0 Å². The zero-order valence-corrected chi connectivity index (χ0v) is 10.0. The summed E-state index contributed by atoms with van der Waals surface area (Å²) in [6, 6.07) is 16.9. The van der Waals surface area contributed by atoms with Gasteiger partial charge in [-0.3, -0.25) is 0 Å². The average Bonchev–Trinajstić information content (AvgIpc) is 2.39. The summed E-state index contributed by atoms with van der Waals surface area (Å²) in [7, 11) is 0. The van der Waals surface area contributed by atoms with Gasteiger partial charge in [-0.25, -0.2) is 0 Å². The Morgan fingerprint density at radius 2 is 1.88 bits per heavy atom. The number of aryl methyl sites for hydroxylation is 2. The van der Waals surface area contributed by atoms with Crippen LogP contribution in [0.2, 0.25) is 0 Å². The summed E-state index contributed by atoms with van der Waals surface area (Å²) in [5.41, 5.74) is 3.93. The van der Waals surface area contributed by atoms with E-state index in [0.717, 1.165) is 18.6 Å². The summed E-state index contributed by atoms with van der Waals surface area (Å²) < 4.78 is 6.07. The predicted molar refractivity (Wildman–Crippen MR) is 69.3 cm³/mol. The van der Waals surface area contributed by atoms with Crippen molar-refractivity contribution >= 4 is 0 Å². The lowest BCUT2D eigenvalue weighted by Crippen LogP contribution is -2.15. The van der Waals surface area contributed by atoms with Crippen LogP contribution in [0.25, 0.3) is 0 Å². The maximum absolute atomic E-state index is 6.07. The number of hydrogen-bond donors (Lipinski definition) is 0. The Balaban J connectivity index is 1.88. The predicted octanol–water partition coefficient (Wildman–Crippen LogP) is 4.06. The molecule has 0 saturated carbocycles. The van der Waals surface area contributed by atoms with Crippen LogP contribution in [0.5, 0.6) is 5.75 Å². The Labute approximate surface area is 102 Å². The Hall–Kier alpha value is -1.76. The van der Waals surface area contributed by atoms with Gasteiger partial charge in [0.25, 0.3) is 0 Å². The second kappa shape index (κ2) is 4.25. The molecule has 0 radical (unpaired) electrons. The molecular formula is C16H16O. The number of hydrogen-bond acceptors (Lipinski definition) is 1. The van der Waals surface area contributed by atoms with Gasteiger partial charge >= 0.3 is 0 Å². The molecule has 1 nitrogen and oxygen atoms in total. The van der Waals surface area contributed by atoms with Gasteiger partial charge in [-0.15, -0.1) is 0 Å². The molecule has 0 amide bonds. The van der Waals surface area contributed by atoms with Gasteiger partial charge in [0.05, 0.1) is 0 Å². The number of ether oxygens (including phenoxy) is 1. The highest BCUT2D eigenvalue weighted by Crippen LogP contribution is 2.34. The molecule has 0 N–H and O–H groups in total. The van der Waals surface area contributed by atoms with E-state index in [2.05, 4.69) is 49.4 Å². The number of benzene rings is 2. The van der Waals surface area contributed by atoms with Crippen LogP contribution in [0, 0.1) is 6.92 Å². The van der Waals surface area contributed by atoms with Crippen LogP contribution in [0.1, 0.15) is 29.2 Å². The Kier molecular flexibility index (Phi) is 2.60. The van der Waals surface area contributed by atoms with E-state index in [1.54, 1.807) is 0 Å². The van der Waals surface area contributed by atoms with Crippen molar-refractivity contribution in [1.29, 1.82) is 0 Å². The molecule has 0 aliphatic carbocycles. The zero-order chi connectivity index (χ0) is 11.7. The molecule has 1 heteroatoms. The van der Waals surface area contributed by atoms with E-state index < -0.39 is 0 Å². The molecule has 0 saturated heterocycles. The topological polar surface area (TPSA) is 9.23 Å². The fourth-order valence-corrected chi connectivity index (χ4v) is 2.42. The first-order chi connectivity index (χ1) is 8.33. The van der Waals surface area contributed by atoms with Crippen molar-refractivity contribution < 1.29 is 4.74 Å². The summed E-state index contributed by atoms with van der Waals surface area (Å²) in [6.45, 7) is 2.13. The quantitative estimate of drug-likeness (QED) is 0.709. The Morgan fingerprint density at radius 1 is 1.06 bits per heavy atom. The van der Waals surface area contributed by atoms with E-state index in [-0.39, 0.29) is 6.10 Å². The lowest BCUT2D eigenvalue weighted by molar-refractivity contribution is 0.176. The SMILES string of the molecule is Cc1ccc2c(c1)CCC(c1ccccc1)O2. The van der Waals surface area contributed by atoms with Gasteiger partial charge in [0.1, 0.15) is 11.9 Å². The summed E-state index contributed by atoms with van der Waals surface area (Å²) in [6.07, 6.45) is 2.39. The molecule has 86 valence electrons. The molecule has 17 heavy (non-hydrogen) atoms. The minimum atomic E-state index is 0.214. The van der Waals surface area contributed by atoms with E-state index >= 15 is 0 Å². The monoisotopic (exact) mass is 224 g/mol. The third-order valence-corrected chi connectivity index (χ3v) is 3.33. The van der Waals surface area contributed by atoms with Crippen molar-refractivity contribution in [3.8, 4) is 5.75 Å². The van der Waals surface area contributed by atoms with Crippen LogP contribution < -0.4 is 4.74 Å². The van der Waals surface area contributed by atoms with Gasteiger partial charge in [0.15, 0.2) is 0 Å². The summed E-state index contributed by atoms with van der Waals surface area (Å²) in [5, 5.41) is 0. The van der Waals surface area contributed by atoms with Crippen molar-refractivity contribution in [3.63, 3.8) is 0 Å². The maximum Gasteiger partial charge on any atom is 0.124 e. The van der Waals surface area contributed by atoms with Crippen LogP contribution >= 0.6 is 0 Å². The molecule has 0 fully saturated rings. The summed E-state index contributed by atoms with van der Waals surface area (Å²) in [5.74, 6) is 1.05. The van der Waals surface area contributed by atoms with Gasteiger partial charge < -0.3 is 4.74 Å². The third kappa shape index (κ3) is 2.05. The van der Waals surface area contributed by atoms with E-state index in [1.165, 1.54) is 16.7 Å². The van der Waals surface area contributed by atoms with E-state index in [1.807, 2.05) is 6.07 Å². The van der Waals surface area contributed by atoms with Gasteiger partial charge in [-0.2, -0.15) is 0 Å². The zero-order valence-electron chi connectivity index (χ0n) is 10.0. The largest absolute Gasteiger partial charge is 0.485 e. The maximum atomic E-state index is 6.07. The number of fused-ring (bicyclic) bond motifs is 1. The third-order valence-electron chi connectivity index (χ3n) is 3.33. The van der Waals surface area contributed by atoms with Gasteiger partial charge in [-0.1, -0.05) is 48.0 Å². The summed E-state index contributed by atoms with van der Waals surface area (Å²) >= 11 is 0. The second-order valence-corrected chi connectivity index (χ2v) is 4.67. The van der Waals surface area contributed by atoms with E-state index in [4.69, 9.17) is 4.74 Å². The number of rotatable bonds is 1. The van der Waals surface area contributed by atoms with Gasteiger partial charge in [0, 0.05) is 0 Å². The molecule has 2 aromatic carbocycles. The average molecular weight is 224 g/mol. The molecule has 3 rings (SSSR count). The molecule has 1 atom stereocenters. The molecule has 1 aliphatic heterocycles. The van der Waals surface area contributed by atoms with E-state index in [0.29, 0.717) is 0 Å². The van der Waals surface area contributed by atoms with Crippen molar-refractivity contribution in [2.75, 3.05) is 0 Å². The highest BCUT2D eigenvalue weighted by Gasteiger charge is 2.20. The minimum absolute atomic E-state index is 0.214. The van der Waals surface area contributed by atoms with Gasteiger partial charge in [0.2, 0.25) is 0 Å². The lowest BCUT2D eigenvalue weighted by Gasteiger charge is -2.26. The fourth-order valence-electron chi connectivity index (χ4n) is 2.42. The smallest absolute Gasteiger partial charge is 0.124 e. The van der Waals surface area contributed by atoms with Crippen LogP contribution in [0.3, 0.4) is 0 Å². The van der Waals surface area contributed by atoms with Crippen LogP contribution in [0.4, 0.5) is 0 Å². The lowest BCUT2D eigenvalue weighted by atomic mass is 9.96. The fraction of sp³-hybridized carbons (Fsp3) is 0.250. The van der Waals surface area contributed by atoms with Crippen LogP contribution in [0.15, 0.2) is 48.5 Å². The highest BCUT2D eigenvalue weighted by molar-refractivity contribution is 5.39.